The summed E-state index contributed by atoms with van der Waals surface area (Å²) in [6.07, 6.45) is 2.11. The first-order chi connectivity index (χ1) is 9.58. The summed E-state index contributed by atoms with van der Waals surface area (Å²) in [7, 11) is 2.07. The highest BCUT2D eigenvalue weighted by Gasteiger charge is 2.27. The van der Waals surface area contributed by atoms with Gasteiger partial charge in [0.25, 0.3) is 0 Å². The van der Waals surface area contributed by atoms with Crippen LogP contribution in [0.2, 0.25) is 0 Å². The quantitative estimate of drug-likeness (QED) is 0.820. The lowest BCUT2D eigenvalue weighted by Gasteiger charge is -2.31. The summed E-state index contributed by atoms with van der Waals surface area (Å²) in [5.74, 6) is -0.637. The van der Waals surface area contributed by atoms with E-state index in [4.69, 9.17) is 18.0 Å². The van der Waals surface area contributed by atoms with E-state index >= 15 is 0 Å². The van der Waals surface area contributed by atoms with E-state index < -0.39 is 5.92 Å². The minimum absolute atomic E-state index is 0.0935. The van der Waals surface area contributed by atoms with E-state index in [1.54, 1.807) is 0 Å². The molecule has 1 aliphatic heterocycles. The number of hydrogen-bond donors (Lipinski definition) is 2. The zero-order valence-electron chi connectivity index (χ0n) is 11.7. The summed E-state index contributed by atoms with van der Waals surface area (Å²) >= 11 is 5.07. The van der Waals surface area contributed by atoms with E-state index in [2.05, 4.69) is 17.3 Å². The Morgan fingerprint density at radius 3 is 2.75 bits per heavy atom. The average Bonchev–Trinajstić information content (AvgIpc) is 2.39. The molecule has 1 amide bonds. The van der Waals surface area contributed by atoms with Gasteiger partial charge >= 0.3 is 0 Å². The summed E-state index contributed by atoms with van der Waals surface area (Å²) in [5.41, 5.74) is 6.61. The van der Waals surface area contributed by atoms with Crippen molar-refractivity contribution >= 4 is 23.1 Å². The lowest BCUT2D eigenvalue weighted by atomic mass is 9.97. The van der Waals surface area contributed by atoms with Gasteiger partial charge < -0.3 is 16.0 Å². The third-order valence-corrected chi connectivity index (χ3v) is 3.89. The molecule has 0 aliphatic carbocycles. The van der Waals surface area contributed by atoms with Crippen LogP contribution in [0.5, 0.6) is 0 Å². The van der Waals surface area contributed by atoms with Crippen molar-refractivity contribution in [3.05, 3.63) is 35.9 Å². The van der Waals surface area contributed by atoms with E-state index in [-0.39, 0.29) is 16.9 Å². The molecule has 108 valence electrons. The largest absolute Gasteiger partial charge is 0.392 e. The minimum atomic E-state index is -0.543. The average molecular weight is 291 g/mol. The van der Waals surface area contributed by atoms with Gasteiger partial charge in [-0.15, -0.1) is 0 Å². The van der Waals surface area contributed by atoms with E-state index in [1.807, 2.05) is 30.3 Å². The van der Waals surface area contributed by atoms with Crippen molar-refractivity contribution in [3.8, 4) is 0 Å². The lowest BCUT2D eigenvalue weighted by molar-refractivity contribution is -0.122. The van der Waals surface area contributed by atoms with E-state index in [0.717, 1.165) is 31.5 Å². The van der Waals surface area contributed by atoms with Gasteiger partial charge in [-0.05, 0) is 32.0 Å². The molecule has 1 aromatic carbocycles. The molecule has 2 unspecified atom stereocenters. The van der Waals surface area contributed by atoms with E-state index in [1.165, 1.54) is 0 Å². The minimum Gasteiger partial charge on any atom is -0.392 e. The number of nitrogens with one attached hydrogen (secondary N) is 1. The molecule has 2 atom stereocenters. The molecule has 5 heteroatoms. The first-order valence-corrected chi connectivity index (χ1v) is 7.32. The van der Waals surface area contributed by atoms with Crippen molar-refractivity contribution < 1.29 is 4.79 Å². The van der Waals surface area contributed by atoms with Crippen LogP contribution < -0.4 is 11.1 Å². The molecule has 1 heterocycles. The highest BCUT2D eigenvalue weighted by Crippen LogP contribution is 2.17. The maximum absolute atomic E-state index is 12.5. The highest BCUT2D eigenvalue weighted by atomic mass is 32.1. The molecular formula is C15H21N3OS. The number of hydrogen-bond acceptors (Lipinski definition) is 3. The van der Waals surface area contributed by atoms with Crippen LogP contribution in [-0.2, 0) is 4.79 Å². The fraction of sp³-hybridized carbons (Fsp3) is 0.467. The van der Waals surface area contributed by atoms with Crippen molar-refractivity contribution in [3.63, 3.8) is 0 Å². The topological polar surface area (TPSA) is 58.4 Å². The standard InChI is InChI=1S/C15H21N3OS/c1-18-9-5-8-12(10-18)17-15(19)13(14(16)20)11-6-3-2-4-7-11/h2-4,6-7,12-13H,5,8-10H2,1H3,(H2,16,20)(H,17,19). The lowest BCUT2D eigenvalue weighted by Crippen LogP contribution is -2.49. The summed E-state index contributed by atoms with van der Waals surface area (Å²) in [4.78, 5) is 14.9. The van der Waals surface area contributed by atoms with Crippen LogP contribution in [0.1, 0.15) is 24.3 Å². The van der Waals surface area contributed by atoms with E-state index in [9.17, 15) is 4.79 Å². The molecule has 4 nitrogen and oxygen atoms in total. The smallest absolute Gasteiger partial charge is 0.234 e. The maximum Gasteiger partial charge on any atom is 0.234 e. The van der Waals surface area contributed by atoms with Crippen molar-refractivity contribution in [2.24, 2.45) is 5.73 Å². The number of nitrogens with zero attached hydrogens (tertiary/aromatic N) is 1. The highest BCUT2D eigenvalue weighted by molar-refractivity contribution is 7.80. The molecule has 1 fully saturated rings. The molecule has 1 aliphatic rings. The summed E-state index contributed by atoms with van der Waals surface area (Å²) in [6, 6.07) is 9.65. The molecule has 1 saturated heterocycles. The SMILES string of the molecule is CN1CCCC(NC(=O)C(C(N)=S)c2ccccc2)C1. The van der Waals surface area contributed by atoms with Crippen LogP contribution in [0.3, 0.4) is 0 Å². The number of thiocarbonyl (C=S) groups is 1. The number of likely N-dealkylation sites (tertiary alicyclic amines) is 1. The number of carbonyl (C=O) groups is 1. The van der Waals surface area contributed by atoms with Crippen LogP contribution >= 0.6 is 12.2 Å². The molecule has 0 aromatic heterocycles. The van der Waals surface area contributed by atoms with Gasteiger partial charge in [0.2, 0.25) is 5.91 Å². The second-order valence-electron chi connectivity index (χ2n) is 5.36. The number of amides is 1. The number of nitrogens with two attached hydrogens (primary N) is 1. The van der Waals surface area contributed by atoms with Crippen molar-refractivity contribution in [1.29, 1.82) is 0 Å². The predicted octanol–water partition coefficient (Wildman–Crippen LogP) is 1.27. The molecule has 0 radical (unpaired) electrons. The van der Waals surface area contributed by atoms with Gasteiger partial charge in [-0.3, -0.25) is 4.79 Å². The second-order valence-corrected chi connectivity index (χ2v) is 5.83. The number of carbonyl (C=O) groups excluding carboxylic acids is 1. The van der Waals surface area contributed by atoms with Crippen LogP contribution in [0.15, 0.2) is 30.3 Å². The van der Waals surface area contributed by atoms with Gasteiger partial charge in [-0.1, -0.05) is 42.5 Å². The fourth-order valence-electron chi connectivity index (χ4n) is 2.66. The van der Waals surface area contributed by atoms with Crippen molar-refractivity contribution in [2.75, 3.05) is 20.1 Å². The third-order valence-electron chi connectivity index (χ3n) is 3.65. The molecule has 0 saturated carbocycles. The molecule has 3 N–H and O–H groups in total. The van der Waals surface area contributed by atoms with Gasteiger partial charge in [0.05, 0.1) is 4.99 Å². The van der Waals surface area contributed by atoms with Crippen LogP contribution in [0, 0.1) is 0 Å². The van der Waals surface area contributed by atoms with Gasteiger partial charge in [0.15, 0.2) is 0 Å². The monoisotopic (exact) mass is 291 g/mol. The second kappa shape index (κ2) is 6.81. The van der Waals surface area contributed by atoms with Gasteiger partial charge in [0.1, 0.15) is 5.92 Å². The fourth-order valence-corrected chi connectivity index (χ4v) is 2.90. The Bertz CT molecular complexity index is 477. The Morgan fingerprint density at radius 2 is 2.15 bits per heavy atom. The molecular weight excluding hydrogens is 270 g/mol. The number of rotatable bonds is 4. The predicted molar refractivity (Wildman–Crippen MR) is 84.6 cm³/mol. The van der Waals surface area contributed by atoms with Gasteiger partial charge in [-0.2, -0.15) is 0 Å². The zero-order chi connectivity index (χ0) is 14.5. The normalized spacial score (nSPS) is 21.1. The Balaban J connectivity index is 2.06. The number of likely N-dealkylation sites (N-methyl/N-ethyl adjacent to an activating group) is 1. The Morgan fingerprint density at radius 1 is 1.45 bits per heavy atom. The van der Waals surface area contributed by atoms with Crippen molar-refractivity contribution in [2.45, 2.75) is 24.8 Å². The molecule has 20 heavy (non-hydrogen) atoms. The number of benzene rings is 1. The molecule has 0 spiro atoms. The van der Waals surface area contributed by atoms with E-state index in [0.29, 0.717) is 0 Å². The van der Waals surface area contributed by atoms with Gasteiger partial charge in [0, 0.05) is 12.6 Å². The molecule has 1 aromatic rings. The van der Waals surface area contributed by atoms with Crippen LogP contribution in [-0.4, -0.2) is 42.0 Å². The van der Waals surface area contributed by atoms with Crippen molar-refractivity contribution in [1.82, 2.24) is 10.2 Å². The first kappa shape index (κ1) is 14.9. The van der Waals surface area contributed by atoms with Crippen LogP contribution in [0.25, 0.3) is 0 Å². The summed E-state index contributed by atoms with van der Waals surface area (Å²) in [6.45, 7) is 1.97. The first-order valence-electron chi connectivity index (χ1n) is 6.91. The summed E-state index contributed by atoms with van der Waals surface area (Å²) in [5, 5.41) is 3.08. The maximum atomic E-state index is 12.5. The Hall–Kier alpha value is -1.46. The van der Waals surface area contributed by atoms with Crippen LogP contribution in [0.4, 0.5) is 0 Å². The molecule has 2 rings (SSSR count). The van der Waals surface area contributed by atoms with Gasteiger partial charge in [-0.25, -0.2) is 0 Å². The summed E-state index contributed by atoms with van der Waals surface area (Å²) < 4.78 is 0. The molecule has 0 bridgehead atoms. The Kier molecular flexibility index (Phi) is 5.09. The number of piperidine rings is 1. The zero-order valence-corrected chi connectivity index (χ0v) is 12.5. The third kappa shape index (κ3) is 3.77. The Labute approximate surface area is 125 Å².